The lowest BCUT2D eigenvalue weighted by Crippen LogP contribution is -2.10. The van der Waals surface area contributed by atoms with E-state index in [2.05, 4.69) is 20.3 Å². The summed E-state index contributed by atoms with van der Waals surface area (Å²) in [6.45, 7) is -0.127. The number of rotatable bonds is 6. The highest BCUT2D eigenvalue weighted by Gasteiger charge is 2.07. The number of hydrogen-bond donors (Lipinski definition) is 2. The van der Waals surface area contributed by atoms with Gasteiger partial charge in [0.15, 0.2) is 12.4 Å². The lowest BCUT2D eigenvalue weighted by molar-refractivity contribution is -0.139. The van der Waals surface area contributed by atoms with Gasteiger partial charge in [-0.2, -0.15) is 15.0 Å². The van der Waals surface area contributed by atoms with Crippen molar-refractivity contribution in [3.8, 4) is 0 Å². The monoisotopic (exact) mass is 337 g/mol. The van der Waals surface area contributed by atoms with Gasteiger partial charge in [-0.25, -0.2) is 4.79 Å². The fraction of sp³-hybridized carbons (Fsp3) is 0.0588. The minimum atomic E-state index is -0.548. The van der Waals surface area contributed by atoms with Crippen molar-refractivity contribution in [2.75, 3.05) is 11.1 Å². The van der Waals surface area contributed by atoms with Gasteiger partial charge < -0.3 is 20.2 Å². The number of hydrogen-bond acceptors (Lipinski definition) is 8. The van der Waals surface area contributed by atoms with E-state index < -0.39 is 5.97 Å². The highest BCUT2D eigenvalue weighted by atomic mass is 16.5. The molecular weight excluding hydrogens is 322 g/mol. The zero-order valence-electron chi connectivity index (χ0n) is 13.1. The molecule has 0 saturated heterocycles. The van der Waals surface area contributed by atoms with E-state index in [1.165, 1.54) is 18.4 Å². The van der Waals surface area contributed by atoms with E-state index in [-0.39, 0.29) is 24.3 Å². The number of nitrogens with two attached hydrogens (primary N) is 1. The minimum Gasteiger partial charge on any atom is -0.465 e. The molecule has 0 unspecified atom stereocenters. The number of carbonyl (C=O) groups is 1. The summed E-state index contributed by atoms with van der Waals surface area (Å²) < 4.78 is 10.2. The van der Waals surface area contributed by atoms with Crippen molar-refractivity contribution >= 4 is 29.6 Å². The van der Waals surface area contributed by atoms with Crippen molar-refractivity contribution in [1.82, 2.24) is 15.0 Å². The van der Waals surface area contributed by atoms with Gasteiger partial charge in [0.25, 0.3) is 0 Å². The van der Waals surface area contributed by atoms with Gasteiger partial charge in [0.2, 0.25) is 11.9 Å². The van der Waals surface area contributed by atoms with Gasteiger partial charge in [0.05, 0.1) is 6.26 Å². The molecule has 2 aromatic heterocycles. The molecule has 3 N–H and O–H groups in total. The van der Waals surface area contributed by atoms with Crippen LogP contribution in [0, 0.1) is 0 Å². The molecule has 2 heterocycles. The minimum absolute atomic E-state index is 0.0330. The quantitative estimate of drug-likeness (QED) is 0.521. The Balaban J connectivity index is 1.61. The molecule has 3 rings (SSSR count). The number of anilines is 3. The molecule has 0 saturated carbocycles. The molecule has 1 aromatic carbocycles. The number of aromatic nitrogens is 3. The Morgan fingerprint density at radius 1 is 1.16 bits per heavy atom. The molecule has 0 aliphatic rings. The standard InChI is InChI=1S/C17H15N5O3/c18-16-20-14(11-25-15(23)9-8-13-7-4-10-24-13)21-17(22-16)19-12-5-2-1-3-6-12/h1-10H,11H2,(H3,18,19,20,21,22)/b9-8+. The second-order valence-corrected chi connectivity index (χ2v) is 4.88. The highest BCUT2D eigenvalue weighted by molar-refractivity contribution is 5.86. The second kappa shape index (κ2) is 7.73. The normalized spacial score (nSPS) is 10.7. The van der Waals surface area contributed by atoms with Crippen LogP contribution in [0.5, 0.6) is 0 Å². The van der Waals surface area contributed by atoms with E-state index in [1.807, 2.05) is 30.3 Å². The molecule has 0 aliphatic carbocycles. The summed E-state index contributed by atoms with van der Waals surface area (Å²) in [4.78, 5) is 23.8. The number of nitrogens with zero attached hydrogens (tertiary/aromatic N) is 3. The Hall–Kier alpha value is -3.68. The summed E-state index contributed by atoms with van der Waals surface area (Å²) in [6, 6.07) is 12.8. The maximum absolute atomic E-state index is 11.7. The first-order valence-electron chi connectivity index (χ1n) is 7.40. The Morgan fingerprint density at radius 3 is 2.76 bits per heavy atom. The lowest BCUT2D eigenvalue weighted by Gasteiger charge is -2.07. The van der Waals surface area contributed by atoms with Crippen LogP contribution < -0.4 is 11.1 Å². The zero-order chi connectivity index (χ0) is 17.5. The number of esters is 1. The third kappa shape index (κ3) is 4.90. The molecular formula is C17H15N5O3. The van der Waals surface area contributed by atoms with Crippen molar-refractivity contribution in [3.63, 3.8) is 0 Å². The SMILES string of the molecule is Nc1nc(COC(=O)/C=C/c2ccco2)nc(Nc2ccccc2)n1. The van der Waals surface area contributed by atoms with E-state index in [1.54, 1.807) is 12.1 Å². The molecule has 0 bridgehead atoms. The molecule has 8 heteroatoms. The van der Waals surface area contributed by atoms with Gasteiger partial charge in [-0.1, -0.05) is 18.2 Å². The van der Waals surface area contributed by atoms with Crippen LogP contribution in [-0.2, 0) is 16.1 Å². The Kier molecular flexibility index (Phi) is 5.01. The first-order valence-corrected chi connectivity index (χ1v) is 7.40. The molecule has 0 fully saturated rings. The van der Waals surface area contributed by atoms with E-state index in [9.17, 15) is 4.79 Å². The number of nitrogens with one attached hydrogen (secondary N) is 1. The Bertz CT molecular complexity index is 863. The maximum atomic E-state index is 11.7. The lowest BCUT2D eigenvalue weighted by atomic mass is 10.3. The van der Waals surface area contributed by atoms with E-state index in [0.717, 1.165) is 5.69 Å². The van der Waals surface area contributed by atoms with Crippen LogP contribution in [0.4, 0.5) is 17.6 Å². The Morgan fingerprint density at radius 2 is 2.00 bits per heavy atom. The van der Waals surface area contributed by atoms with Crippen LogP contribution in [0.15, 0.2) is 59.2 Å². The molecule has 8 nitrogen and oxygen atoms in total. The van der Waals surface area contributed by atoms with Crippen molar-refractivity contribution in [2.45, 2.75) is 6.61 Å². The van der Waals surface area contributed by atoms with Gasteiger partial charge in [-0.15, -0.1) is 0 Å². The predicted octanol–water partition coefficient (Wildman–Crippen LogP) is 2.55. The van der Waals surface area contributed by atoms with Crippen LogP contribution in [0.25, 0.3) is 6.08 Å². The molecule has 25 heavy (non-hydrogen) atoms. The third-order valence-electron chi connectivity index (χ3n) is 3.00. The van der Waals surface area contributed by atoms with Gasteiger partial charge in [-0.3, -0.25) is 0 Å². The number of para-hydroxylation sites is 1. The summed E-state index contributed by atoms with van der Waals surface area (Å²) in [5.41, 5.74) is 6.48. The number of ether oxygens (including phenoxy) is 1. The summed E-state index contributed by atoms with van der Waals surface area (Å²) in [7, 11) is 0. The molecule has 0 spiro atoms. The largest absolute Gasteiger partial charge is 0.465 e. The topological polar surface area (TPSA) is 116 Å². The zero-order valence-corrected chi connectivity index (χ0v) is 13.1. The molecule has 0 atom stereocenters. The number of carbonyl (C=O) groups excluding carboxylic acids is 1. The van der Waals surface area contributed by atoms with Crippen LogP contribution in [0.2, 0.25) is 0 Å². The third-order valence-corrected chi connectivity index (χ3v) is 3.00. The molecule has 0 radical (unpaired) electrons. The van der Waals surface area contributed by atoms with Gasteiger partial charge in [0, 0.05) is 11.8 Å². The number of benzene rings is 1. The van der Waals surface area contributed by atoms with E-state index in [4.69, 9.17) is 14.9 Å². The molecule has 0 amide bonds. The average molecular weight is 337 g/mol. The van der Waals surface area contributed by atoms with Crippen molar-refractivity contribution in [3.05, 3.63) is 66.4 Å². The maximum Gasteiger partial charge on any atom is 0.331 e. The summed E-state index contributed by atoms with van der Waals surface area (Å²) in [5, 5.41) is 3.01. The first-order chi connectivity index (χ1) is 12.2. The number of furan rings is 1. The predicted molar refractivity (Wildman–Crippen MR) is 91.5 cm³/mol. The summed E-state index contributed by atoms with van der Waals surface area (Å²) in [6.07, 6.45) is 4.28. The fourth-order valence-corrected chi connectivity index (χ4v) is 1.93. The summed E-state index contributed by atoms with van der Waals surface area (Å²) >= 11 is 0. The van der Waals surface area contributed by atoms with Crippen molar-refractivity contribution < 1.29 is 13.9 Å². The van der Waals surface area contributed by atoms with Crippen LogP contribution in [-0.4, -0.2) is 20.9 Å². The van der Waals surface area contributed by atoms with Crippen LogP contribution in [0.1, 0.15) is 11.6 Å². The van der Waals surface area contributed by atoms with E-state index >= 15 is 0 Å². The summed E-state index contributed by atoms with van der Waals surface area (Å²) in [5.74, 6) is 0.552. The van der Waals surface area contributed by atoms with Gasteiger partial charge in [-0.05, 0) is 30.3 Å². The van der Waals surface area contributed by atoms with E-state index in [0.29, 0.717) is 5.76 Å². The molecule has 126 valence electrons. The van der Waals surface area contributed by atoms with Gasteiger partial charge in [0.1, 0.15) is 5.76 Å². The highest BCUT2D eigenvalue weighted by Crippen LogP contribution is 2.13. The first kappa shape index (κ1) is 16.2. The Labute approximate surface area is 143 Å². The molecule has 0 aliphatic heterocycles. The van der Waals surface area contributed by atoms with Crippen LogP contribution in [0.3, 0.4) is 0 Å². The van der Waals surface area contributed by atoms with Gasteiger partial charge >= 0.3 is 5.97 Å². The smallest absolute Gasteiger partial charge is 0.331 e. The average Bonchev–Trinajstić information content (AvgIpc) is 3.12. The fourth-order valence-electron chi connectivity index (χ4n) is 1.93. The second-order valence-electron chi connectivity index (χ2n) is 4.88. The van der Waals surface area contributed by atoms with Crippen molar-refractivity contribution in [1.29, 1.82) is 0 Å². The number of nitrogen functional groups attached to an aromatic ring is 1. The van der Waals surface area contributed by atoms with Crippen LogP contribution >= 0.6 is 0 Å². The molecule has 3 aromatic rings. The van der Waals surface area contributed by atoms with Crippen molar-refractivity contribution in [2.24, 2.45) is 0 Å².